The van der Waals surface area contributed by atoms with Crippen LogP contribution in [0, 0.1) is 29.1 Å². The van der Waals surface area contributed by atoms with Crippen molar-refractivity contribution >= 4 is 58.4 Å². The van der Waals surface area contributed by atoms with Crippen LogP contribution < -0.4 is 21.7 Å². The van der Waals surface area contributed by atoms with Crippen LogP contribution in [-0.4, -0.2) is 94.6 Å². The number of anilines is 2. The van der Waals surface area contributed by atoms with E-state index in [9.17, 15) is 33.9 Å². The van der Waals surface area contributed by atoms with Gasteiger partial charge in [-0.3, -0.25) is 38.5 Å². The van der Waals surface area contributed by atoms with Gasteiger partial charge in [-0.05, 0) is 95.5 Å². The van der Waals surface area contributed by atoms with Crippen LogP contribution in [0.3, 0.4) is 0 Å². The van der Waals surface area contributed by atoms with Gasteiger partial charge in [0.15, 0.2) is 6.10 Å². The first-order valence-corrected chi connectivity index (χ1v) is 22.9. The molecule has 2 aromatic rings. The summed E-state index contributed by atoms with van der Waals surface area (Å²) in [7, 11) is 1.97. The molecule has 6 N–H and O–H groups in total. The molecule has 1 saturated heterocycles. The molecular formula is C45H71N7O9S. The number of hydrogen-bond acceptors (Lipinski definition) is 12. The number of amides is 4. The number of hydroxylamine groups is 2. The van der Waals surface area contributed by atoms with Crippen LogP contribution in [0.15, 0.2) is 29.6 Å². The molecule has 1 fully saturated rings. The highest BCUT2D eigenvalue weighted by molar-refractivity contribution is 7.10. The Morgan fingerprint density at radius 2 is 1.73 bits per heavy atom. The minimum absolute atomic E-state index is 0.0120. The number of aliphatic carboxylic acids is 1. The summed E-state index contributed by atoms with van der Waals surface area (Å²) in [6, 6.07) is 6.24. The Morgan fingerprint density at radius 1 is 1.03 bits per heavy atom. The zero-order chi connectivity index (χ0) is 46.1. The first-order chi connectivity index (χ1) is 29.3. The number of aromatic nitrogens is 1. The van der Waals surface area contributed by atoms with Gasteiger partial charge in [-0.2, -0.15) is 0 Å². The summed E-state index contributed by atoms with van der Waals surface area (Å²) in [6.07, 6.45) is 5.11. The molecule has 0 saturated carbocycles. The van der Waals surface area contributed by atoms with E-state index in [-0.39, 0.29) is 68.0 Å². The van der Waals surface area contributed by atoms with Crippen molar-refractivity contribution < 1.29 is 43.4 Å². The van der Waals surface area contributed by atoms with Crippen molar-refractivity contribution in [3.63, 3.8) is 0 Å². The summed E-state index contributed by atoms with van der Waals surface area (Å²) in [5.74, 6) is -5.35. The monoisotopic (exact) mass is 886 g/mol. The van der Waals surface area contributed by atoms with Gasteiger partial charge in [0, 0.05) is 30.3 Å². The van der Waals surface area contributed by atoms with Gasteiger partial charge < -0.3 is 31.5 Å². The molecule has 17 heteroatoms. The van der Waals surface area contributed by atoms with Gasteiger partial charge >= 0.3 is 11.9 Å². The van der Waals surface area contributed by atoms with E-state index < -0.39 is 53.1 Å². The van der Waals surface area contributed by atoms with Crippen LogP contribution >= 0.6 is 11.3 Å². The van der Waals surface area contributed by atoms with Gasteiger partial charge in [0.25, 0.3) is 5.91 Å². The Bertz CT molecular complexity index is 1790. The van der Waals surface area contributed by atoms with E-state index in [1.54, 1.807) is 43.5 Å². The maximum atomic E-state index is 14.8. The first-order valence-electron chi connectivity index (χ1n) is 22.0. The largest absolute Gasteiger partial charge is 0.481 e. The highest BCUT2D eigenvalue weighted by Crippen LogP contribution is 2.35. The Balaban J connectivity index is 1.94. The van der Waals surface area contributed by atoms with Crippen LogP contribution in [0.4, 0.5) is 11.5 Å². The zero-order valence-electron chi connectivity index (χ0n) is 38.2. The minimum Gasteiger partial charge on any atom is -0.481 e. The molecule has 0 unspecified atom stereocenters. The summed E-state index contributed by atoms with van der Waals surface area (Å²) in [4.78, 5) is 92.5. The van der Waals surface area contributed by atoms with Crippen molar-refractivity contribution in [1.82, 2.24) is 20.3 Å². The molecule has 3 rings (SSSR count). The fourth-order valence-electron chi connectivity index (χ4n) is 7.50. The Labute approximate surface area is 371 Å². The fourth-order valence-corrected chi connectivity index (χ4v) is 8.29. The summed E-state index contributed by atoms with van der Waals surface area (Å²) < 4.78 is 5.88. The number of hydrogen-bond donors (Lipinski definition) is 5. The Morgan fingerprint density at radius 3 is 2.31 bits per heavy atom. The van der Waals surface area contributed by atoms with Crippen LogP contribution in [0.2, 0.25) is 0 Å². The number of nitrogens with one attached hydrogen (secondary N) is 3. The molecule has 346 valence electrons. The molecule has 1 aromatic heterocycles. The molecule has 1 aliphatic heterocycles. The molecule has 0 bridgehead atoms. The van der Waals surface area contributed by atoms with Gasteiger partial charge in [-0.15, -0.1) is 11.3 Å². The average Bonchev–Trinajstić information content (AvgIpc) is 3.68. The van der Waals surface area contributed by atoms with Crippen molar-refractivity contribution in [2.75, 3.05) is 37.4 Å². The molecule has 62 heavy (non-hydrogen) atoms. The third-order valence-corrected chi connectivity index (χ3v) is 12.5. The quantitative estimate of drug-likeness (QED) is 0.0311. The number of ether oxygens (including phenoxy) is 1. The van der Waals surface area contributed by atoms with Gasteiger partial charge in [-0.1, -0.05) is 66.0 Å². The maximum Gasteiger partial charge on any atom is 0.309 e. The SMILES string of the molecule is CCCCCON(C(=O)[C@H](C(=O)N[C@H]1CCCCN1C)[C@@H](C)CC)[C@H](C[C@@H](OC(C)=O)c1nc(NC(=O)[C@@H](Cc2ccc(NC(=O)CN)cc2)CC(C)(C)C(=O)O)cs1)C(C)C. The fraction of sp³-hybridized carbons (Fsp3) is 0.667. The number of carbonyl (C=O) groups is 6. The second kappa shape index (κ2) is 25.0. The lowest BCUT2D eigenvalue weighted by Crippen LogP contribution is -2.55. The van der Waals surface area contributed by atoms with E-state index in [1.807, 2.05) is 34.7 Å². The number of unbranched alkanes of at least 4 members (excludes halogenated alkanes) is 2. The topological polar surface area (TPSA) is 223 Å². The molecule has 6 atom stereocenters. The molecule has 1 aliphatic rings. The summed E-state index contributed by atoms with van der Waals surface area (Å²) in [6.45, 7) is 15.1. The lowest BCUT2D eigenvalue weighted by Gasteiger charge is -2.38. The van der Waals surface area contributed by atoms with Crippen LogP contribution in [-0.2, 0) is 44.8 Å². The number of rotatable bonds is 25. The molecule has 1 aromatic carbocycles. The average molecular weight is 886 g/mol. The molecule has 0 aliphatic carbocycles. The zero-order valence-corrected chi connectivity index (χ0v) is 39.0. The van der Waals surface area contributed by atoms with E-state index >= 15 is 0 Å². The number of nitrogens with two attached hydrogens (primary N) is 1. The number of carbonyl (C=O) groups excluding carboxylic acids is 5. The van der Waals surface area contributed by atoms with Crippen LogP contribution in [0.1, 0.15) is 130 Å². The molecule has 16 nitrogen and oxygen atoms in total. The van der Waals surface area contributed by atoms with Crippen molar-refractivity contribution in [2.45, 2.75) is 138 Å². The highest BCUT2D eigenvalue weighted by atomic mass is 32.1. The lowest BCUT2D eigenvalue weighted by atomic mass is 9.80. The normalized spacial score (nSPS) is 17.0. The lowest BCUT2D eigenvalue weighted by molar-refractivity contribution is -0.215. The maximum absolute atomic E-state index is 14.8. The van der Waals surface area contributed by atoms with E-state index in [2.05, 4.69) is 32.8 Å². The van der Waals surface area contributed by atoms with Crippen molar-refractivity contribution in [1.29, 1.82) is 0 Å². The number of likely N-dealkylation sites (tertiary alicyclic amines) is 1. The first kappa shape index (κ1) is 51.9. The van der Waals surface area contributed by atoms with Crippen LogP contribution in [0.25, 0.3) is 0 Å². The molecule has 4 amide bonds. The second-order valence-corrected chi connectivity index (χ2v) is 18.4. The van der Waals surface area contributed by atoms with Crippen molar-refractivity contribution in [2.24, 2.45) is 34.8 Å². The number of thiazole rings is 1. The summed E-state index contributed by atoms with van der Waals surface area (Å²) in [5, 5.41) is 22.0. The van der Waals surface area contributed by atoms with E-state index in [0.29, 0.717) is 23.5 Å². The van der Waals surface area contributed by atoms with Crippen molar-refractivity contribution in [3.05, 3.63) is 40.2 Å². The molecule has 0 spiro atoms. The predicted octanol–water partition coefficient (Wildman–Crippen LogP) is 6.53. The predicted molar refractivity (Wildman–Crippen MR) is 240 cm³/mol. The van der Waals surface area contributed by atoms with Gasteiger partial charge in [0.2, 0.25) is 17.7 Å². The van der Waals surface area contributed by atoms with Gasteiger partial charge in [-0.25, -0.2) is 10.0 Å². The van der Waals surface area contributed by atoms with Crippen molar-refractivity contribution in [3.8, 4) is 0 Å². The number of carboxylic acids is 1. The van der Waals surface area contributed by atoms with Gasteiger partial charge in [0.05, 0.1) is 30.8 Å². The summed E-state index contributed by atoms with van der Waals surface area (Å²) in [5.41, 5.74) is 5.46. The number of piperidine rings is 1. The standard InChI is InChI=1S/C45H71N7O9S/c1-10-12-15-22-60-52(43(57)39(29(5)11-2)41(56)50-37-16-13-14-21-51(37)9)34(28(3)4)24-35(61-30(6)53)42-49-36(27-62-42)48-40(55)32(25-45(7,8)44(58)59)23-31-17-19-33(20-18-31)47-38(54)26-46/h17-20,27-29,32,34-35,37,39H,10-16,21-26,46H2,1-9H3,(H,47,54)(H,48,55)(H,50,56)(H,58,59)/t29-,32-,34+,35+,37+,39-/m0/s1. The molecule has 0 radical (unpaired) electrons. The van der Waals surface area contributed by atoms with Crippen LogP contribution in [0.5, 0.6) is 0 Å². The molecule has 2 heterocycles. The Hall–Kier alpha value is -4.45. The minimum atomic E-state index is -1.24. The molecular weight excluding hydrogens is 815 g/mol. The van der Waals surface area contributed by atoms with E-state index in [1.165, 1.54) is 23.3 Å². The number of nitrogens with zero attached hydrogens (tertiary/aromatic N) is 3. The Kier molecular flexibility index (Phi) is 20.9. The van der Waals surface area contributed by atoms with E-state index in [4.69, 9.17) is 15.3 Å². The third-order valence-electron chi connectivity index (χ3n) is 11.5. The second-order valence-electron chi connectivity index (χ2n) is 17.5. The van der Waals surface area contributed by atoms with E-state index in [0.717, 1.165) is 44.2 Å². The number of esters is 1. The highest BCUT2D eigenvalue weighted by Gasteiger charge is 2.42. The summed E-state index contributed by atoms with van der Waals surface area (Å²) >= 11 is 1.17. The van der Waals surface area contributed by atoms with Gasteiger partial charge in [0.1, 0.15) is 16.7 Å². The smallest absolute Gasteiger partial charge is 0.309 e. The number of carboxylic acid groups (broad SMARTS) is 1. The number of benzene rings is 1. The third kappa shape index (κ3) is 15.7.